The Kier molecular flexibility index (Phi) is 10.6. The molecule has 0 fully saturated rings. The van der Waals surface area contributed by atoms with Crippen LogP contribution in [0.2, 0.25) is 0 Å². The first-order valence-corrected chi connectivity index (χ1v) is 11.2. The molecule has 32 heavy (non-hydrogen) atoms. The topological polar surface area (TPSA) is 81.8 Å². The van der Waals surface area contributed by atoms with E-state index in [2.05, 4.69) is 12.1 Å². The van der Waals surface area contributed by atoms with Gasteiger partial charge in [0.05, 0.1) is 30.9 Å². The number of aryl methyl sites for hydroxylation is 2. The molecule has 0 aromatic heterocycles. The number of halogens is 3. The summed E-state index contributed by atoms with van der Waals surface area (Å²) in [5.41, 5.74) is 5.59. The second-order valence-corrected chi connectivity index (χ2v) is 8.25. The number of unbranched alkanes of at least 4 members (excludes halogenated alkanes) is 2. The third-order valence-corrected chi connectivity index (χ3v) is 5.43. The van der Waals surface area contributed by atoms with Gasteiger partial charge in [-0.1, -0.05) is 36.4 Å². The van der Waals surface area contributed by atoms with Crippen LogP contribution in [0.25, 0.3) is 0 Å². The van der Waals surface area contributed by atoms with Gasteiger partial charge in [-0.15, -0.1) is 0 Å². The maximum absolute atomic E-state index is 13.6. The van der Waals surface area contributed by atoms with Crippen LogP contribution in [0, 0.1) is 0 Å². The molecule has 0 saturated carbocycles. The number of ether oxygens (including phenoxy) is 1. The van der Waals surface area contributed by atoms with Crippen LogP contribution in [0.5, 0.6) is 5.75 Å². The molecule has 0 radical (unpaired) electrons. The summed E-state index contributed by atoms with van der Waals surface area (Å²) >= 11 is 0. The van der Waals surface area contributed by atoms with Gasteiger partial charge in [0, 0.05) is 0 Å². The molecule has 9 heteroatoms. The molecule has 0 bridgehead atoms. The van der Waals surface area contributed by atoms with Crippen molar-refractivity contribution < 1.29 is 32.1 Å². The van der Waals surface area contributed by atoms with Gasteiger partial charge in [-0.2, -0.15) is 13.2 Å². The summed E-state index contributed by atoms with van der Waals surface area (Å²) in [5.74, 6) is -0.195. The third-order valence-electron chi connectivity index (χ3n) is 5.19. The van der Waals surface area contributed by atoms with Gasteiger partial charge in [0.25, 0.3) is 0 Å². The van der Waals surface area contributed by atoms with E-state index in [1.54, 1.807) is 6.07 Å². The van der Waals surface area contributed by atoms with Crippen molar-refractivity contribution in [3.05, 3.63) is 65.2 Å². The van der Waals surface area contributed by atoms with Crippen LogP contribution in [0.4, 0.5) is 13.2 Å². The second-order valence-electron chi connectivity index (χ2n) is 7.84. The highest BCUT2D eigenvalue weighted by molar-refractivity contribution is 7.17. The van der Waals surface area contributed by atoms with E-state index in [0.717, 1.165) is 25.3 Å². The maximum Gasteiger partial charge on any atom is 0.419 e. The van der Waals surface area contributed by atoms with E-state index in [9.17, 15) is 22.8 Å². The zero-order valence-electron chi connectivity index (χ0n) is 17.8. The highest BCUT2D eigenvalue weighted by Gasteiger charge is 2.35. The lowest BCUT2D eigenvalue weighted by Gasteiger charge is -2.25. The van der Waals surface area contributed by atoms with Crippen molar-refractivity contribution in [1.82, 2.24) is 0 Å². The van der Waals surface area contributed by atoms with Crippen molar-refractivity contribution in [2.45, 2.75) is 50.2 Å². The first-order valence-electron chi connectivity index (χ1n) is 10.5. The maximum atomic E-state index is 13.6. The van der Waals surface area contributed by atoms with Crippen LogP contribution >= 0.6 is 8.69 Å². The van der Waals surface area contributed by atoms with Crippen molar-refractivity contribution in [1.29, 1.82) is 0 Å². The molecule has 2 rings (SSSR count). The minimum Gasteiger partial charge on any atom is -0.493 e. The van der Waals surface area contributed by atoms with E-state index >= 15 is 0 Å². The summed E-state index contributed by atoms with van der Waals surface area (Å²) in [6.45, 7) is -0.411. The SMILES string of the molecule is NC(CO)(CCc1ccc(OCCCCCc2ccccc2)c(C(F)(F)F)c1)COP=O. The molecule has 0 saturated heterocycles. The molecule has 0 spiro atoms. The highest BCUT2D eigenvalue weighted by atomic mass is 31.1. The van der Waals surface area contributed by atoms with Crippen molar-refractivity contribution in [2.75, 3.05) is 19.8 Å². The first-order chi connectivity index (χ1) is 15.3. The molecule has 0 aliphatic rings. The van der Waals surface area contributed by atoms with Crippen LogP contribution in [-0.4, -0.2) is 30.5 Å². The normalized spacial score (nSPS) is 13.8. The fourth-order valence-corrected chi connectivity index (χ4v) is 3.57. The van der Waals surface area contributed by atoms with E-state index in [-0.39, 0.29) is 31.8 Å². The Labute approximate surface area is 188 Å². The number of rotatable bonds is 14. The van der Waals surface area contributed by atoms with Crippen molar-refractivity contribution in [2.24, 2.45) is 5.73 Å². The number of nitrogens with two attached hydrogens (primary N) is 1. The molecular weight excluding hydrogens is 442 g/mol. The minimum atomic E-state index is -4.56. The number of hydrogen-bond acceptors (Lipinski definition) is 5. The first kappa shape index (κ1) is 26.3. The molecule has 2 aromatic carbocycles. The Morgan fingerprint density at radius 1 is 0.969 bits per heavy atom. The second kappa shape index (κ2) is 12.9. The van der Waals surface area contributed by atoms with Crippen LogP contribution in [0.3, 0.4) is 0 Å². The van der Waals surface area contributed by atoms with Gasteiger partial charge in [0.15, 0.2) is 0 Å². The summed E-state index contributed by atoms with van der Waals surface area (Å²) in [6.07, 6.45) is -0.800. The Hall–Kier alpha value is -1.99. The molecule has 0 aliphatic carbocycles. The lowest BCUT2D eigenvalue weighted by Crippen LogP contribution is -2.47. The van der Waals surface area contributed by atoms with Crippen molar-refractivity contribution in [3.8, 4) is 5.75 Å². The Bertz CT molecular complexity index is 836. The van der Waals surface area contributed by atoms with E-state index < -0.39 is 32.6 Å². The molecule has 3 N–H and O–H groups in total. The van der Waals surface area contributed by atoms with E-state index in [1.165, 1.54) is 11.6 Å². The molecule has 0 aliphatic heterocycles. The minimum absolute atomic E-state index is 0.165. The monoisotopic (exact) mass is 471 g/mol. The fourth-order valence-electron chi connectivity index (χ4n) is 3.26. The average molecular weight is 471 g/mol. The molecule has 0 amide bonds. The lowest BCUT2D eigenvalue weighted by molar-refractivity contribution is -0.139. The summed E-state index contributed by atoms with van der Waals surface area (Å²) in [4.78, 5) is 0. The fraction of sp³-hybridized carbons (Fsp3) is 0.478. The van der Waals surface area contributed by atoms with Crippen LogP contribution < -0.4 is 10.5 Å². The van der Waals surface area contributed by atoms with Gasteiger partial charge in [-0.25, -0.2) is 4.57 Å². The van der Waals surface area contributed by atoms with Crippen LogP contribution in [0.1, 0.15) is 42.4 Å². The number of aliphatic hydroxyl groups excluding tert-OH is 1. The van der Waals surface area contributed by atoms with E-state index in [4.69, 9.17) is 15.0 Å². The summed E-state index contributed by atoms with van der Waals surface area (Å²) in [6, 6.07) is 14.0. The number of hydrogen-bond donors (Lipinski definition) is 2. The molecule has 2 aromatic rings. The summed E-state index contributed by atoms with van der Waals surface area (Å²) in [5, 5.41) is 9.43. The predicted molar refractivity (Wildman–Crippen MR) is 117 cm³/mol. The van der Waals surface area contributed by atoms with Gasteiger partial charge in [0.1, 0.15) is 5.75 Å². The Balaban J connectivity index is 1.90. The molecule has 1 unspecified atom stereocenters. The summed E-state index contributed by atoms with van der Waals surface area (Å²) < 4.78 is 61.3. The van der Waals surface area contributed by atoms with Crippen molar-refractivity contribution in [3.63, 3.8) is 0 Å². The molecular formula is C23H29F3NO4P. The molecule has 5 nitrogen and oxygen atoms in total. The predicted octanol–water partition coefficient (Wildman–Crippen LogP) is 5.34. The Morgan fingerprint density at radius 2 is 1.72 bits per heavy atom. The molecule has 1 atom stereocenters. The zero-order chi connectivity index (χ0) is 23.5. The molecule has 176 valence electrons. The van der Waals surface area contributed by atoms with Crippen molar-refractivity contribution >= 4 is 8.69 Å². The van der Waals surface area contributed by atoms with E-state index in [1.807, 2.05) is 18.2 Å². The highest BCUT2D eigenvalue weighted by Crippen LogP contribution is 2.37. The summed E-state index contributed by atoms with van der Waals surface area (Å²) in [7, 11) is -0.571. The van der Waals surface area contributed by atoms with Gasteiger partial charge < -0.3 is 15.6 Å². The standard InChI is InChI=1S/C23H29F3NO4P/c24-23(25,26)20-15-19(12-13-22(27,16-28)17-31-32-29)10-11-21(20)30-14-6-2-5-9-18-7-3-1-4-8-18/h1,3-4,7-8,10-11,15,28H,2,5-6,9,12-14,16-17,27H2. The number of benzene rings is 2. The smallest absolute Gasteiger partial charge is 0.419 e. The number of aliphatic hydroxyl groups is 1. The quantitative estimate of drug-likeness (QED) is 0.287. The lowest BCUT2D eigenvalue weighted by atomic mass is 9.93. The Morgan fingerprint density at radius 3 is 2.38 bits per heavy atom. The van der Waals surface area contributed by atoms with E-state index in [0.29, 0.717) is 12.0 Å². The van der Waals surface area contributed by atoms with Gasteiger partial charge >= 0.3 is 14.9 Å². The van der Waals surface area contributed by atoms with Gasteiger partial charge in [-0.05, 0) is 61.8 Å². The number of alkyl halides is 3. The molecule has 0 heterocycles. The van der Waals surface area contributed by atoms with Crippen LogP contribution in [-0.2, 0) is 28.1 Å². The average Bonchev–Trinajstić information content (AvgIpc) is 2.79. The largest absolute Gasteiger partial charge is 0.493 e. The third kappa shape index (κ3) is 8.87. The van der Waals surface area contributed by atoms with Gasteiger partial charge in [0.2, 0.25) is 0 Å². The van der Waals surface area contributed by atoms with Crippen LogP contribution in [0.15, 0.2) is 48.5 Å². The zero-order valence-corrected chi connectivity index (χ0v) is 18.7. The van der Waals surface area contributed by atoms with Gasteiger partial charge in [-0.3, -0.25) is 4.52 Å².